The smallest absolute Gasteiger partial charge is 0.231 e. The van der Waals surface area contributed by atoms with Crippen molar-refractivity contribution in [1.29, 1.82) is 0 Å². The van der Waals surface area contributed by atoms with Gasteiger partial charge in [0, 0.05) is 37.2 Å². The van der Waals surface area contributed by atoms with Crippen LogP contribution in [0.2, 0.25) is 0 Å². The van der Waals surface area contributed by atoms with Crippen LogP contribution in [0.25, 0.3) is 0 Å². The van der Waals surface area contributed by atoms with Crippen LogP contribution in [0.1, 0.15) is 16.8 Å². The van der Waals surface area contributed by atoms with Gasteiger partial charge >= 0.3 is 0 Å². The molecule has 0 amide bonds. The Morgan fingerprint density at radius 1 is 0.962 bits per heavy atom. The first kappa shape index (κ1) is 16.1. The molecule has 2 N–H and O–H groups in total. The SMILES string of the molecule is Cc1cc(NCc2ccc3c(c2)OCO3)nc(NCc2cccnc2)n1. The number of hydrogen-bond donors (Lipinski definition) is 2. The highest BCUT2D eigenvalue weighted by Crippen LogP contribution is 2.32. The van der Waals surface area contributed by atoms with Gasteiger partial charge < -0.3 is 20.1 Å². The summed E-state index contributed by atoms with van der Waals surface area (Å²) in [7, 11) is 0. The molecule has 1 aliphatic heterocycles. The Balaban J connectivity index is 1.41. The van der Waals surface area contributed by atoms with Crippen LogP contribution in [0.15, 0.2) is 48.8 Å². The molecule has 26 heavy (non-hydrogen) atoms. The fraction of sp³-hybridized carbons (Fsp3) is 0.211. The topological polar surface area (TPSA) is 81.2 Å². The van der Waals surface area contributed by atoms with E-state index < -0.39 is 0 Å². The van der Waals surface area contributed by atoms with Crippen LogP contribution in [0, 0.1) is 6.92 Å². The zero-order valence-electron chi connectivity index (χ0n) is 14.4. The molecule has 0 saturated carbocycles. The van der Waals surface area contributed by atoms with Gasteiger partial charge in [0.05, 0.1) is 0 Å². The Morgan fingerprint density at radius 2 is 1.85 bits per heavy atom. The molecule has 0 saturated heterocycles. The number of nitrogens with zero attached hydrogens (tertiary/aromatic N) is 3. The molecule has 1 aliphatic rings. The molecule has 7 nitrogen and oxygen atoms in total. The summed E-state index contributed by atoms with van der Waals surface area (Å²) in [5.41, 5.74) is 3.06. The Bertz CT molecular complexity index is 902. The molecule has 0 aliphatic carbocycles. The fourth-order valence-corrected chi connectivity index (χ4v) is 2.67. The van der Waals surface area contributed by atoms with E-state index in [9.17, 15) is 0 Å². The summed E-state index contributed by atoms with van der Waals surface area (Å²) in [5.74, 6) is 2.92. The van der Waals surface area contributed by atoms with Crippen molar-refractivity contribution in [2.45, 2.75) is 20.0 Å². The minimum absolute atomic E-state index is 0.281. The van der Waals surface area contributed by atoms with Gasteiger partial charge in [0.25, 0.3) is 0 Å². The third kappa shape index (κ3) is 3.83. The molecule has 0 bridgehead atoms. The summed E-state index contributed by atoms with van der Waals surface area (Å²) in [6, 6.07) is 11.7. The van der Waals surface area contributed by atoms with Gasteiger partial charge in [-0.1, -0.05) is 12.1 Å². The maximum atomic E-state index is 5.41. The third-order valence-electron chi connectivity index (χ3n) is 3.94. The van der Waals surface area contributed by atoms with Crippen molar-refractivity contribution in [2.24, 2.45) is 0 Å². The van der Waals surface area contributed by atoms with E-state index in [0.717, 1.165) is 34.1 Å². The fourth-order valence-electron chi connectivity index (χ4n) is 2.67. The van der Waals surface area contributed by atoms with Gasteiger partial charge in [0.2, 0.25) is 12.7 Å². The summed E-state index contributed by atoms with van der Waals surface area (Å²) in [6.45, 7) is 3.49. The zero-order valence-corrected chi connectivity index (χ0v) is 14.4. The van der Waals surface area contributed by atoms with Crippen molar-refractivity contribution < 1.29 is 9.47 Å². The lowest BCUT2D eigenvalue weighted by molar-refractivity contribution is 0.174. The van der Waals surface area contributed by atoms with Gasteiger partial charge in [-0.3, -0.25) is 4.98 Å². The summed E-state index contributed by atoms with van der Waals surface area (Å²) in [5, 5.41) is 6.57. The maximum absolute atomic E-state index is 5.41. The highest BCUT2D eigenvalue weighted by Gasteiger charge is 2.13. The maximum Gasteiger partial charge on any atom is 0.231 e. The number of benzene rings is 1. The first-order valence-corrected chi connectivity index (χ1v) is 8.37. The monoisotopic (exact) mass is 349 g/mol. The standard InChI is InChI=1S/C19H19N5O2/c1-13-7-18(21-10-14-4-5-16-17(8-14)26-12-25-16)24-19(23-13)22-11-15-3-2-6-20-9-15/h2-9H,10-12H2,1H3,(H2,21,22,23,24). The molecule has 132 valence electrons. The first-order valence-electron chi connectivity index (χ1n) is 8.37. The minimum Gasteiger partial charge on any atom is -0.454 e. The van der Waals surface area contributed by atoms with Gasteiger partial charge in [-0.15, -0.1) is 0 Å². The van der Waals surface area contributed by atoms with Crippen molar-refractivity contribution >= 4 is 11.8 Å². The second kappa shape index (κ2) is 7.26. The van der Waals surface area contributed by atoms with Crippen molar-refractivity contribution in [2.75, 3.05) is 17.4 Å². The molecular formula is C19H19N5O2. The van der Waals surface area contributed by atoms with E-state index in [1.54, 1.807) is 6.20 Å². The van der Waals surface area contributed by atoms with Crippen molar-refractivity contribution in [3.8, 4) is 11.5 Å². The number of hydrogen-bond acceptors (Lipinski definition) is 7. The Morgan fingerprint density at radius 3 is 2.73 bits per heavy atom. The van der Waals surface area contributed by atoms with Gasteiger partial charge in [-0.2, -0.15) is 4.98 Å². The van der Waals surface area contributed by atoms with Gasteiger partial charge in [0.15, 0.2) is 11.5 Å². The van der Waals surface area contributed by atoms with E-state index >= 15 is 0 Å². The van der Waals surface area contributed by atoms with E-state index in [4.69, 9.17) is 9.47 Å². The van der Waals surface area contributed by atoms with E-state index in [-0.39, 0.29) is 6.79 Å². The molecule has 3 aromatic rings. The number of fused-ring (bicyclic) bond motifs is 1. The number of aryl methyl sites for hydroxylation is 1. The largest absolute Gasteiger partial charge is 0.454 e. The molecule has 1 aromatic carbocycles. The molecule has 0 radical (unpaired) electrons. The Labute approximate surface area is 151 Å². The number of aromatic nitrogens is 3. The molecule has 0 fully saturated rings. The van der Waals surface area contributed by atoms with Crippen LogP contribution in [0.5, 0.6) is 11.5 Å². The van der Waals surface area contributed by atoms with Crippen LogP contribution >= 0.6 is 0 Å². The number of nitrogens with one attached hydrogen (secondary N) is 2. The Kier molecular flexibility index (Phi) is 4.51. The second-order valence-corrected chi connectivity index (χ2v) is 5.97. The van der Waals surface area contributed by atoms with Crippen LogP contribution in [-0.2, 0) is 13.1 Å². The predicted octanol–water partition coefficient (Wildman–Crippen LogP) is 3.13. The van der Waals surface area contributed by atoms with Crippen molar-refractivity contribution in [1.82, 2.24) is 15.0 Å². The van der Waals surface area contributed by atoms with E-state index in [2.05, 4.69) is 25.6 Å². The normalized spacial score (nSPS) is 12.0. The molecule has 7 heteroatoms. The van der Waals surface area contributed by atoms with E-state index in [1.807, 2.05) is 49.5 Å². The summed E-state index contributed by atoms with van der Waals surface area (Å²) in [4.78, 5) is 13.1. The molecule has 2 aromatic heterocycles. The predicted molar refractivity (Wildman–Crippen MR) is 98.2 cm³/mol. The molecule has 0 unspecified atom stereocenters. The Hall–Kier alpha value is -3.35. The average molecular weight is 349 g/mol. The molecule has 0 atom stereocenters. The van der Waals surface area contributed by atoms with E-state index in [0.29, 0.717) is 19.0 Å². The molecule has 4 rings (SSSR count). The van der Waals surface area contributed by atoms with Crippen LogP contribution in [0.3, 0.4) is 0 Å². The molecule has 3 heterocycles. The third-order valence-corrected chi connectivity index (χ3v) is 3.94. The van der Waals surface area contributed by atoms with Crippen molar-refractivity contribution in [3.63, 3.8) is 0 Å². The zero-order chi connectivity index (χ0) is 17.8. The first-order chi connectivity index (χ1) is 12.8. The lowest BCUT2D eigenvalue weighted by Crippen LogP contribution is -2.08. The van der Waals surface area contributed by atoms with Gasteiger partial charge in [0.1, 0.15) is 5.82 Å². The van der Waals surface area contributed by atoms with Crippen LogP contribution in [-0.4, -0.2) is 21.7 Å². The minimum atomic E-state index is 0.281. The average Bonchev–Trinajstić information content (AvgIpc) is 3.13. The van der Waals surface area contributed by atoms with Gasteiger partial charge in [-0.05, 0) is 36.2 Å². The quantitative estimate of drug-likeness (QED) is 0.707. The molecule has 0 spiro atoms. The van der Waals surface area contributed by atoms with Gasteiger partial charge in [-0.25, -0.2) is 4.98 Å². The second-order valence-electron chi connectivity index (χ2n) is 5.97. The highest BCUT2D eigenvalue weighted by molar-refractivity contribution is 5.47. The summed E-state index contributed by atoms with van der Waals surface area (Å²) in [6.07, 6.45) is 3.58. The number of pyridine rings is 1. The number of ether oxygens (including phenoxy) is 2. The number of anilines is 2. The molecular weight excluding hydrogens is 330 g/mol. The lowest BCUT2D eigenvalue weighted by atomic mass is 10.2. The number of rotatable bonds is 6. The van der Waals surface area contributed by atoms with E-state index in [1.165, 1.54) is 0 Å². The summed E-state index contributed by atoms with van der Waals surface area (Å²) >= 11 is 0. The van der Waals surface area contributed by atoms with Crippen molar-refractivity contribution in [3.05, 3.63) is 65.6 Å². The highest BCUT2D eigenvalue weighted by atomic mass is 16.7. The lowest BCUT2D eigenvalue weighted by Gasteiger charge is -2.10. The van der Waals surface area contributed by atoms with Crippen LogP contribution in [0.4, 0.5) is 11.8 Å². The summed E-state index contributed by atoms with van der Waals surface area (Å²) < 4.78 is 10.7. The van der Waals surface area contributed by atoms with Crippen LogP contribution < -0.4 is 20.1 Å².